The zero-order valence-electron chi connectivity index (χ0n) is 13.8. The Bertz CT molecular complexity index is 248. The monoisotopic (exact) mass is 270 g/mol. The minimum atomic E-state index is 0.329. The van der Waals surface area contributed by atoms with E-state index in [9.17, 15) is 0 Å². The maximum Gasteiger partial charge on any atom is 0.0593 e. The molecule has 0 aromatic rings. The molecule has 1 saturated heterocycles. The standard InChI is InChI=1S/C16H34N2O/c1-7-14-10-17-15(16(4,5)6)11-18(14)8-9-19-12-13(2)3/h13-15,17H,7-12H2,1-6H3. The van der Waals surface area contributed by atoms with E-state index in [0.717, 1.165) is 32.8 Å². The van der Waals surface area contributed by atoms with Gasteiger partial charge < -0.3 is 10.1 Å². The minimum Gasteiger partial charge on any atom is -0.380 e. The first kappa shape index (κ1) is 16.9. The normalized spacial score (nSPS) is 26.1. The highest BCUT2D eigenvalue weighted by Crippen LogP contribution is 2.24. The van der Waals surface area contributed by atoms with Crippen LogP contribution in [0.25, 0.3) is 0 Å². The highest BCUT2D eigenvalue weighted by molar-refractivity contribution is 4.91. The predicted molar refractivity (Wildman–Crippen MR) is 82.6 cm³/mol. The van der Waals surface area contributed by atoms with Gasteiger partial charge in [-0.2, -0.15) is 0 Å². The van der Waals surface area contributed by atoms with Crippen molar-refractivity contribution in [2.24, 2.45) is 11.3 Å². The van der Waals surface area contributed by atoms with Crippen LogP contribution in [0.15, 0.2) is 0 Å². The van der Waals surface area contributed by atoms with Gasteiger partial charge in [-0.3, -0.25) is 4.90 Å². The Labute approximate surface area is 120 Å². The summed E-state index contributed by atoms with van der Waals surface area (Å²) >= 11 is 0. The molecular formula is C16H34N2O. The van der Waals surface area contributed by atoms with Crippen molar-refractivity contribution in [1.82, 2.24) is 10.2 Å². The molecule has 0 saturated carbocycles. The fraction of sp³-hybridized carbons (Fsp3) is 1.00. The predicted octanol–water partition coefficient (Wildman–Crippen LogP) is 2.76. The number of ether oxygens (including phenoxy) is 1. The maximum absolute atomic E-state index is 5.75. The maximum atomic E-state index is 5.75. The van der Waals surface area contributed by atoms with Crippen LogP contribution in [0.1, 0.15) is 48.0 Å². The molecule has 0 aliphatic carbocycles. The van der Waals surface area contributed by atoms with Crippen molar-refractivity contribution in [2.75, 3.05) is 32.8 Å². The average molecular weight is 270 g/mol. The molecule has 1 aliphatic rings. The van der Waals surface area contributed by atoms with Crippen molar-refractivity contribution < 1.29 is 4.74 Å². The molecule has 0 bridgehead atoms. The van der Waals surface area contributed by atoms with Crippen LogP contribution in [0.2, 0.25) is 0 Å². The van der Waals surface area contributed by atoms with Crippen LogP contribution < -0.4 is 5.32 Å². The highest BCUT2D eigenvalue weighted by atomic mass is 16.5. The molecule has 1 aliphatic heterocycles. The Balaban J connectivity index is 2.42. The van der Waals surface area contributed by atoms with Gasteiger partial charge >= 0.3 is 0 Å². The van der Waals surface area contributed by atoms with Crippen LogP contribution in [-0.4, -0.2) is 49.8 Å². The number of rotatable bonds is 6. The lowest BCUT2D eigenvalue weighted by atomic mass is 9.84. The quantitative estimate of drug-likeness (QED) is 0.751. The molecule has 1 fully saturated rings. The average Bonchev–Trinajstić information content (AvgIpc) is 2.33. The molecule has 3 nitrogen and oxygen atoms in total. The lowest BCUT2D eigenvalue weighted by Crippen LogP contribution is -2.60. The molecule has 0 spiro atoms. The van der Waals surface area contributed by atoms with Gasteiger partial charge in [0.15, 0.2) is 0 Å². The molecule has 2 unspecified atom stereocenters. The second-order valence-electron chi connectivity index (χ2n) is 7.35. The van der Waals surface area contributed by atoms with E-state index < -0.39 is 0 Å². The molecule has 3 heteroatoms. The summed E-state index contributed by atoms with van der Waals surface area (Å²) in [7, 11) is 0. The van der Waals surface area contributed by atoms with Gasteiger partial charge in [0, 0.05) is 38.3 Å². The molecule has 1 heterocycles. The Morgan fingerprint density at radius 2 is 2.00 bits per heavy atom. The first-order valence-corrected chi connectivity index (χ1v) is 7.89. The van der Waals surface area contributed by atoms with Crippen molar-refractivity contribution in [1.29, 1.82) is 0 Å². The van der Waals surface area contributed by atoms with Gasteiger partial charge in [0.2, 0.25) is 0 Å². The van der Waals surface area contributed by atoms with E-state index in [-0.39, 0.29) is 0 Å². The van der Waals surface area contributed by atoms with Gasteiger partial charge in [-0.25, -0.2) is 0 Å². The minimum absolute atomic E-state index is 0.329. The molecule has 2 atom stereocenters. The summed E-state index contributed by atoms with van der Waals surface area (Å²) in [6, 6.07) is 1.25. The zero-order chi connectivity index (χ0) is 14.5. The Morgan fingerprint density at radius 1 is 1.32 bits per heavy atom. The summed E-state index contributed by atoms with van der Waals surface area (Å²) in [5, 5.41) is 3.72. The van der Waals surface area contributed by atoms with Crippen molar-refractivity contribution >= 4 is 0 Å². The second kappa shape index (κ2) is 7.61. The molecule has 1 rings (SSSR count). The lowest BCUT2D eigenvalue weighted by molar-refractivity contribution is 0.0385. The lowest BCUT2D eigenvalue weighted by Gasteiger charge is -2.45. The molecule has 0 amide bonds. The topological polar surface area (TPSA) is 24.5 Å². The number of hydrogen-bond donors (Lipinski definition) is 1. The first-order chi connectivity index (χ1) is 8.84. The first-order valence-electron chi connectivity index (χ1n) is 7.89. The van der Waals surface area contributed by atoms with Gasteiger partial charge in [0.25, 0.3) is 0 Å². The molecule has 0 aromatic heterocycles. The van der Waals surface area contributed by atoms with E-state index in [2.05, 4.69) is 51.8 Å². The summed E-state index contributed by atoms with van der Waals surface area (Å²) in [5.41, 5.74) is 0.329. The summed E-state index contributed by atoms with van der Waals surface area (Å²) in [6.45, 7) is 18.7. The number of piperazine rings is 1. The van der Waals surface area contributed by atoms with Crippen LogP contribution >= 0.6 is 0 Å². The molecule has 0 aromatic carbocycles. The van der Waals surface area contributed by atoms with E-state index in [0.29, 0.717) is 23.4 Å². The van der Waals surface area contributed by atoms with Crippen molar-refractivity contribution in [3.63, 3.8) is 0 Å². The smallest absolute Gasteiger partial charge is 0.0593 e. The fourth-order valence-electron chi connectivity index (χ4n) is 2.61. The van der Waals surface area contributed by atoms with Crippen molar-refractivity contribution in [3.05, 3.63) is 0 Å². The van der Waals surface area contributed by atoms with Gasteiger partial charge in [-0.05, 0) is 17.8 Å². The summed E-state index contributed by atoms with van der Waals surface area (Å²) in [4.78, 5) is 2.62. The number of nitrogens with zero attached hydrogens (tertiary/aromatic N) is 1. The van der Waals surface area contributed by atoms with Gasteiger partial charge in [-0.15, -0.1) is 0 Å². The van der Waals surface area contributed by atoms with Crippen molar-refractivity contribution in [2.45, 2.75) is 60.0 Å². The van der Waals surface area contributed by atoms with Crippen LogP contribution in [0.5, 0.6) is 0 Å². The van der Waals surface area contributed by atoms with Crippen LogP contribution in [0.3, 0.4) is 0 Å². The fourth-order valence-corrected chi connectivity index (χ4v) is 2.61. The number of hydrogen-bond acceptors (Lipinski definition) is 3. The van der Waals surface area contributed by atoms with Crippen LogP contribution in [-0.2, 0) is 4.74 Å². The summed E-state index contributed by atoms with van der Waals surface area (Å²) in [5.74, 6) is 0.632. The van der Waals surface area contributed by atoms with E-state index >= 15 is 0 Å². The third-order valence-corrected chi connectivity index (χ3v) is 4.02. The van der Waals surface area contributed by atoms with Crippen LogP contribution in [0, 0.1) is 11.3 Å². The second-order valence-corrected chi connectivity index (χ2v) is 7.35. The molecule has 0 radical (unpaired) electrons. The SMILES string of the molecule is CCC1CNC(C(C)(C)C)CN1CCOCC(C)C. The van der Waals surface area contributed by atoms with Gasteiger partial charge in [0.05, 0.1) is 6.61 Å². The van der Waals surface area contributed by atoms with Crippen molar-refractivity contribution in [3.8, 4) is 0 Å². The molecule has 114 valence electrons. The van der Waals surface area contributed by atoms with E-state index in [1.807, 2.05) is 0 Å². The highest BCUT2D eigenvalue weighted by Gasteiger charge is 2.32. The molecule has 19 heavy (non-hydrogen) atoms. The van der Waals surface area contributed by atoms with Gasteiger partial charge in [-0.1, -0.05) is 41.5 Å². The molecule has 1 N–H and O–H groups in total. The largest absolute Gasteiger partial charge is 0.380 e. The number of nitrogens with one attached hydrogen (secondary N) is 1. The van der Waals surface area contributed by atoms with Crippen LogP contribution in [0.4, 0.5) is 0 Å². The summed E-state index contributed by atoms with van der Waals surface area (Å²) < 4.78 is 5.75. The Kier molecular flexibility index (Phi) is 6.78. The van der Waals surface area contributed by atoms with E-state index in [1.165, 1.54) is 6.42 Å². The Morgan fingerprint density at radius 3 is 2.53 bits per heavy atom. The third-order valence-electron chi connectivity index (χ3n) is 4.02. The van der Waals surface area contributed by atoms with E-state index in [4.69, 9.17) is 4.74 Å². The third kappa shape index (κ3) is 5.80. The Hall–Kier alpha value is -0.120. The van der Waals surface area contributed by atoms with E-state index in [1.54, 1.807) is 0 Å². The summed E-state index contributed by atoms with van der Waals surface area (Å²) in [6.07, 6.45) is 1.22. The van der Waals surface area contributed by atoms with Gasteiger partial charge in [0.1, 0.15) is 0 Å². The zero-order valence-corrected chi connectivity index (χ0v) is 13.8. The molecular weight excluding hydrogens is 236 g/mol.